The highest BCUT2D eigenvalue weighted by atomic mass is 19.4. The predicted molar refractivity (Wildman–Crippen MR) is 98.6 cm³/mol. The number of carbonyl (C=O) groups excluding carboxylic acids is 2. The van der Waals surface area contributed by atoms with Crippen molar-refractivity contribution in [2.45, 2.75) is 25.3 Å². The van der Waals surface area contributed by atoms with Gasteiger partial charge in [-0.15, -0.1) is 5.10 Å². The molecular weight excluding hydrogens is 437 g/mol. The second-order valence-electron chi connectivity index (χ2n) is 6.61. The van der Waals surface area contributed by atoms with Crippen molar-refractivity contribution in [2.75, 3.05) is 18.1 Å². The number of rotatable bonds is 5. The Bertz CT molecular complexity index is 1110. The number of hydrogen-bond donors (Lipinski definition) is 1. The molecule has 10 nitrogen and oxygen atoms in total. The van der Waals surface area contributed by atoms with E-state index >= 15 is 0 Å². The molecular formula is C19H15F3N4O6. The molecule has 1 aliphatic heterocycles. The van der Waals surface area contributed by atoms with Gasteiger partial charge in [0.1, 0.15) is 0 Å². The van der Waals surface area contributed by atoms with E-state index in [0.717, 1.165) is 28.6 Å². The molecule has 1 N–H and O–H groups in total. The molecule has 1 amide bonds. The molecule has 1 unspecified atom stereocenters. The van der Waals surface area contributed by atoms with E-state index in [1.54, 1.807) is 0 Å². The summed E-state index contributed by atoms with van der Waals surface area (Å²) in [7, 11) is 0. The van der Waals surface area contributed by atoms with Gasteiger partial charge in [-0.1, -0.05) is 0 Å². The summed E-state index contributed by atoms with van der Waals surface area (Å²) in [5.74, 6) is -3.32. The molecule has 0 spiro atoms. The van der Waals surface area contributed by atoms with Crippen molar-refractivity contribution in [3.8, 4) is 11.8 Å². The number of halogens is 3. The third-order valence-corrected chi connectivity index (χ3v) is 4.48. The number of carbonyl (C=O) groups is 3. The summed E-state index contributed by atoms with van der Waals surface area (Å²) in [6.45, 7) is 0.874. The number of carboxylic acid groups (broad SMARTS) is 1. The van der Waals surface area contributed by atoms with Crippen LogP contribution in [0.3, 0.4) is 0 Å². The standard InChI is InChI=1S/C19H15F3N4O6/c1-10(27)32-16(18(29)30)15-17(28)25(6-7-31-15)14-4-5-26(24-14)12-3-2-11(9-23)13(8-12)19(20,21)22/h2-5,8,15-16H,6-7H2,1H3,(H,29,30)/t15-,16?/m1/s1. The number of alkyl halides is 3. The van der Waals surface area contributed by atoms with Gasteiger partial charge in [-0.3, -0.25) is 14.5 Å². The van der Waals surface area contributed by atoms with Crippen molar-refractivity contribution in [2.24, 2.45) is 0 Å². The number of ether oxygens (including phenoxy) is 2. The zero-order chi connectivity index (χ0) is 23.6. The lowest BCUT2D eigenvalue weighted by atomic mass is 10.1. The fraction of sp³-hybridized carbons (Fsp3) is 0.316. The fourth-order valence-corrected chi connectivity index (χ4v) is 3.08. The first kappa shape index (κ1) is 22.8. The summed E-state index contributed by atoms with van der Waals surface area (Å²) in [5.41, 5.74) is -1.70. The van der Waals surface area contributed by atoms with Crippen LogP contribution in [0.2, 0.25) is 0 Å². The van der Waals surface area contributed by atoms with Crippen LogP contribution in [0, 0.1) is 11.3 Å². The summed E-state index contributed by atoms with van der Waals surface area (Å²) in [6.07, 6.45) is -6.96. The zero-order valence-corrected chi connectivity index (χ0v) is 16.4. The summed E-state index contributed by atoms with van der Waals surface area (Å²) in [4.78, 5) is 36.5. The largest absolute Gasteiger partial charge is 0.478 e. The van der Waals surface area contributed by atoms with Crippen LogP contribution >= 0.6 is 0 Å². The normalized spacial score (nSPS) is 17.5. The predicted octanol–water partition coefficient (Wildman–Crippen LogP) is 1.51. The maximum Gasteiger partial charge on any atom is 0.417 e. The lowest BCUT2D eigenvalue weighted by Crippen LogP contribution is -2.55. The number of esters is 1. The van der Waals surface area contributed by atoms with Gasteiger partial charge >= 0.3 is 18.1 Å². The highest BCUT2D eigenvalue weighted by Crippen LogP contribution is 2.33. The monoisotopic (exact) mass is 452 g/mol. The Kier molecular flexibility index (Phi) is 6.17. The van der Waals surface area contributed by atoms with E-state index in [2.05, 4.69) is 9.84 Å². The maximum atomic E-state index is 13.2. The first-order valence-corrected chi connectivity index (χ1v) is 9.03. The molecule has 0 bridgehead atoms. The van der Waals surface area contributed by atoms with E-state index in [4.69, 9.17) is 10.00 Å². The Hall–Kier alpha value is -3.92. The van der Waals surface area contributed by atoms with Crippen molar-refractivity contribution in [3.05, 3.63) is 41.6 Å². The van der Waals surface area contributed by atoms with E-state index in [9.17, 15) is 32.7 Å². The van der Waals surface area contributed by atoms with Gasteiger partial charge in [-0.05, 0) is 18.2 Å². The van der Waals surface area contributed by atoms with Crippen molar-refractivity contribution >= 4 is 23.7 Å². The molecule has 1 aromatic carbocycles. The Balaban J connectivity index is 1.90. The molecule has 168 valence electrons. The van der Waals surface area contributed by atoms with Crippen molar-refractivity contribution < 1.29 is 42.1 Å². The van der Waals surface area contributed by atoms with Crippen molar-refractivity contribution in [3.63, 3.8) is 0 Å². The molecule has 3 rings (SSSR count). The Morgan fingerprint density at radius 2 is 2.09 bits per heavy atom. The minimum Gasteiger partial charge on any atom is -0.478 e. The van der Waals surface area contributed by atoms with E-state index in [-0.39, 0.29) is 24.7 Å². The number of aromatic nitrogens is 2. The molecule has 1 saturated heterocycles. The van der Waals surface area contributed by atoms with Gasteiger partial charge in [0, 0.05) is 19.2 Å². The SMILES string of the molecule is CC(=O)OC(C(=O)O)[C@H]1OCCN(c2ccn(-c3ccc(C#N)c(C(F)(F)F)c3)n2)C1=O. The van der Waals surface area contributed by atoms with Crippen LogP contribution in [0.25, 0.3) is 5.69 Å². The summed E-state index contributed by atoms with van der Waals surface area (Å²) < 4.78 is 50.6. The number of aliphatic carboxylic acids is 1. The molecule has 0 aliphatic carbocycles. The molecule has 2 heterocycles. The van der Waals surface area contributed by atoms with E-state index < -0.39 is 47.4 Å². The summed E-state index contributed by atoms with van der Waals surface area (Å²) >= 11 is 0. The first-order valence-electron chi connectivity index (χ1n) is 9.03. The molecule has 2 atom stereocenters. The number of benzene rings is 1. The summed E-state index contributed by atoms with van der Waals surface area (Å²) in [6, 6.07) is 5.84. The number of nitrogens with zero attached hydrogens (tertiary/aromatic N) is 4. The van der Waals surface area contributed by atoms with Gasteiger partial charge in [0.25, 0.3) is 5.91 Å². The summed E-state index contributed by atoms with van der Waals surface area (Å²) in [5, 5.41) is 22.3. The third-order valence-electron chi connectivity index (χ3n) is 4.48. The van der Waals surface area contributed by atoms with E-state index in [1.807, 2.05) is 0 Å². The fourth-order valence-electron chi connectivity index (χ4n) is 3.08. The van der Waals surface area contributed by atoms with Crippen LogP contribution in [0.4, 0.5) is 19.0 Å². The van der Waals surface area contributed by atoms with Crippen LogP contribution in [-0.2, 0) is 30.0 Å². The number of amides is 1. The highest BCUT2D eigenvalue weighted by Gasteiger charge is 2.43. The molecule has 0 saturated carbocycles. The Morgan fingerprint density at radius 1 is 1.38 bits per heavy atom. The van der Waals surface area contributed by atoms with Gasteiger partial charge < -0.3 is 14.6 Å². The molecule has 1 fully saturated rings. The van der Waals surface area contributed by atoms with Gasteiger partial charge in [0.05, 0.1) is 36.0 Å². The van der Waals surface area contributed by atoms with E-state index in [0.29, 0.717) is 0 Å². The van der Waals surface area contributed by atoms with Crippen LogP contribution < -0.4 is 4.90 Å². The van der Waals surface area contributed by atoms with Gasteiger partial charge in [-0.25, -0.2) is 9.48 Å². The quantitative estimate of drug-likeness (QED) is 0.675. The topological polar surface area (TPSA) is 135 Å². The van der Waals surface area contributed by atoms with E-state index in [1.165, 1.54) is 24.4 Å². The molecule has 1 aromatic heterocycles. The second kappa shape index (κ2) is 8.67. The van der Waals surface area contributed by atoms with Gasteiger partial charge in [0.2, 0.25) is 6.10 Å². The molecule has 1 aliphatic rings. The molecule has 32 heavy (non-hydrogen) atoms. The number of morpholine rings is 1. The Morgan fingerprint density at radius 3 is 2.69 bits per heavy atom. The first-order chi connectivity index (χ1) is 15.0. The smallest absolute Gasteiger partial charge is 0.417 e. The third kappa shape index (κ3) is 4.54. The average molecular weight is 452 g/mol. The lowest BCUT2D eigenvalue weighted by Gasteiger charge is -2.33. The highest BCUT2D eigenvalue weighted by molar-refractivity contribution is 5.99. The van der Waals surface area contributed by atoms with Crippen LogP contribution in [0.1, 0.15) is 18.1 Å². The minimum atomic E-state index is -4.76. The molecule has 0 radical (unpaired) electrons. The van der Waals surface area contributed by atoms with Crippen molar-refractivity contribution in [1.29, 1.82) is 5.26 Å². The average Bonchev–Trinajstić information content (AvgIpc) is 3.21. The van der Waals surface area contributed by atoms with Crippen LogP contribution in [-0.4, -0.2) is 58.1 Å². The molecule has 13 heteroatoms. The van der Waals surface area contributed by atoms with Gasteiger partial charge in [-0.2, -0.15) is 18.4 Å². The van der Waals surface area contributed by atoms with Gasteiger partial charge in [0.15, 0.2) is 11.9 Å². The number of carboxylic acids is 1. The minimum absolute atomic E-state index is 0.0110. The maximum absolute atomic E-state index is 13.2. The Labute approximate surface area is 178 Å². The number of hydrogen-bond acceptors (Lipinski definition) is 7. The van der Waals surface area contributed by atoms with Crippen LogP contribution in [0.5, 0.6) is 0 Å². The number of anilines is 1. The second-order valence-corrected chi connectivity index (χ2v) is 6.61. The number of nitriles is 1. The lowest BCUT2D eigenvalue weighted by molar-refractivity contribution is -0.177. The zero-order valence-electron chi connectivity index (χ0n) is 16.4. The van der Waals surface area contributed by atoms with Crippen molar-refractivity contribution in [1.82, 2.24) is 9.78 Å². The molecule has 2 aromatic rings. The van der Waals surface area contributed by atoms with Crippen LogP contribution in [0.15, 0.2) is 30.5 Å².